The number of sulfonamides is 1. The molecule has 0 aliphatic rings. The largest absolute Gasteiger partial charge is 0.447 e. The van der Waals surface area contributed by atoms with Gasteiger partial charge in [0.1, 0.15) is 5.76 Å². The van der Waals surface area contributed by atoms with Crippen molar-refractivity contribution in [2.75, 3.05) is 19.7 Å². The van der Waals surface area contributed by atoms with E-state index in [2.05, 4.69) is 10.0 Å². The Morgan fingerprint density at radius 1 is 1.37 bits per heavy atom. The minimum absolute atomic E-state index is 0.0656. The fraction of sp³-hybridized carbons (Fsp3) is 0.667. The van der Waals surface area contributed by atoms with Gasteiger partial charge in [0.15, 0.2) is 0 Å². The number of hydrogen-bond donors (Lipinski definition) is 2. The number of ether oxygens (including phenoxy) is 1. The lowest BCUT2D eigenvalue weighted by Gasteiger charge is -2.11. The Bertz CT molecular complexity index is 470. The summed E-state index contributed by atoms with van der Waals surface area (Å²) in [5, 5.41) is 3.00. The summed E-state index contributed by atoms with van der Waals surface area (Å²) in [6.07, 6.45) is -0.170. The van der Waals surface area contributed by atoms with E-state index < -0.39 is 10.0 Å². The Labute approximate surface area is 114 Å². The van der Waals surface area contributed by atoms with Gasteiger partial charge < -0.3 is 14.5 Å². The molecule has 7 heteroatoms. The molecule has 1 aromatic rings. The maximum atomic E-state index is 11.9. The molecule has 110 valence electrons. The summed E-state index contributed by atoms with van der Waals surface area (Å²) in [5.41, 5.74) is 0. The van der Waals surface area contributed by atoms with Gasteiger partial charge in [0, 0.05) is 13.2 Å². The summed E-state index contributed by atoms with van der Waals surface area (Å²) < 4.78 is 36.9. The van der Waals surface area contributed by atoms with Crippen molar-refractivity contribution in [3.05, 3.63) is 17.9 Å². The van der Waals surface area contributed by atoms with E-state index in [-0.39, 0.29) is 17.7 Å². The molecule has 1 rings (SSSR count). The van der Waals surface area contributed by atoms with Crippen LogP contribution in [-0.2, 0) is 21.3 Å². The number of hydrogen-bond acceptors (Lipinski definition) is 5. The van der Waals surface area contributed by atoms with Crippen LogP contribution in [0.25, 0.3) is 0 Å². The van der Waals surface area contributed by atoms with Gasteiger partial charge in [-0.3, -0.25) is 0 Å². The average molecular weight is 290 g/mol. The van der Waals surface area contributed by atoms with Gasteiger partial charge in [0.25, 0.3) is 10.0 Å². The number of nitrogens with one attached hydrogen (secondary N) is 2. The molecule has 0 spiro atoms. The van der Waals surface area contributed by atoms with Crippen molar-refractivity contribution in [1.82, 2.24) is 10.0 Å². The molecule has 0 saturated heterocycles. The van der Waals surface area contributed by atoms with E-state index in [1.807, 2.05) is 20.8 Å². The summed E-state index contributed by atoms with van der Waals surface area (Å²) in [6.45, 7) is 7.73. The highest BCUT2D eigenvalue weighted by Crippen LogP contribution is 2.13. The third-order valence-corrected chi connectivity index (χ3v) is 3.76. The van der Waals surface area contributed by atoms with Crippen LogP contribution < -0.4 is 10.0 Å². The first kappa shape index (κ1) is 16.2. The molecule has 0 bridgehead atoms. The second-order valence-electron chi connectivity index (χ2n) is 4.12. The van der Waals surface area contributed by atoms with Gasteiger partial charge in [-0.05, 0) is 32.5 Å². The van der Waals surface area contributed by atoms with Crippen LogP contribution in [0.2, 0.25) is 0 Å². The van der Waals surface area contributed by atoms with Gasteiger partial charge in [-0.15, -0.1) is 0 Å². The van der Waals surface area contributed by atoms with Crippen molar-refractivity contribution >= 4 is 10.0 Å². The second kappa shape index (κ2) is 7.64. The molecule has 1 unspecified atom stereocenters. The number of rotatable bonds is 9. The van der Waals surface area contributed by atoms with E-state index in [0.717, 1.165) is 6.54 Å². The van der Waals surface area contributed by atoms with Crippen molar-refractivity contribution in [2.24, 2.45) is 0 Å². The quantitative estimate of drug-likeness (QED) is 0.711. The van der Waals surface area contributed by atoms with Crippen molar-refractivity contribution in [3.8, 4) is 0 Å². The lowest BCUT2D eigenvalue weighted by Crippen LogP contribution is -2.32. The minimum Gasteiger partial charge on any atom is -0.447 e. The minimum atomic E-state index is -3.60. The molecule has 0 aliphatic carbocycles. The van der Waals surface area contributed by atoms with Crippen LogP contribution in [0.1, 0.15) is 26.5 Å². The Morgan fingerprint density at radius 2 is 2.11 bits per heavy atom. The molecule has 2 N–H and O–H groups in total. The fourth-order valence-electron chi connectivity index (χ4n) is 1.49. The summed E-state index contributed by atoms with van der Waals surface area (Å²) in [7, 11) is -3.60. The average Bonchev–Trinajstić information content (AvgIpc) is 2.84. The summed E-state index contributed by atoms with van der Waals surface area (Å²) in [6, 6.07) is 3.11. The first-order chi connectivity index (χ1) is 8.99. The second-order valence-corrected chi connectivity index (χ2v) is 5.82. The first-order valence-electron chi connectivity index (χ1n) is 6.40. The van der Waals surface area contributed by atoms with E-state index in [1.54, 1.807) is 6.07 Å². The van der Waals surface area contributed by atoms with Gasteiger partial charge in [0.05, 0.1) is 12.6 Å². The first-order valence-corrected chi connectivity index (χ1v) is 7.88. The van der Waals surface area contributed by atoms with Crippen molar-refractivity contribution < 1.29 is 17.6 Å². The van der Waals surface area contributed by atoms with Gasteiger partial charge in [0.2, 0.25) is 5.09 Å². The Balaban J connectivity index is 2.59. The molecule has 6 nitrogen and oxygen atoms in total. The fourth-order valence-corrected chi connectivity index (χ4v) is 2.55. The molecule has 0 aliphatic heterocycles. The van der Waals surface area contributed by atoms with E-state index in [0.29, 0.717) is 18.9 Å². The molecule has 1 heterocycles. The molecule has 0 radical (unpaired) electrons. The molecule has 19 heavy (non-hydrogen) atoms. The molecule has 0 fully saturated rings. The van der Waals surface area contributed by atoms with Crippen LogP contribution >= 0.6 is 0 Å². The predicted octanol–water partition coefficient (Wildman–Crippen LogP) is 1.09. The summed E-state index contributed by atoms with van der Waals surface area (Å²) >= 11 is 0. The molecule has 0 saturated carbocycles. The van der Waals surface area contributed by atoms with Crippen molar-refractivity contribution in [1.29, 1.82) is 0 Å². The highest BCUT2D eigenvalue weighted by molar-refractivity contribution is 7.89. The molecular weight excluding hydrogens is 268 g/mol. The highest BCUT2D eigenvalue weighted by Gasteiger charge is 2.19. The highest BCUT2D eigenvalue weighted by atomic mass is 32.2. The maximum Gasteiger partial charge on any atom is 0.274 e. The smallest absolute Gasteiger partial charge is 0.274 e. The van der Waals surface area contributed by atoms with Gasteiger partial charge >= 0.3 is 0 Å². The van der Waals surface area contributed by atoms with Crippen LogP contribution in [0.3, 0.4) is 0 Å². The van der Waals surface area contributed by atoms with Crippen LogP contribution in [-0.4, -0.2) is 34.2 Å². The topological polar surface area (TPSA) is 80.6 Å². The Morgan fingerprint density at radius 3 is 2.74 bits per heavy atom. The molecule has 1 aromatic heterocycles. The molecule has 0 aromatic carbocycles. The van der Waals surface area contributed by atoms with Gasteiger partial charge in [-0.1, -0.05) is 6.92 Å². The normalized spacial score (nSPS) is 13.6. The lowest BCUT2D eigenvalue weighted by atomic mass is 10.4. The Kier molecular flexibility index (Phi) is 6.50. The van der Waals surface area contributed by atoms with Crippen molar-refractivity contribution in [3.63, 3.8) is 0 Å². The zero-order valence-corrected chi connectivity index (χ0v) is 12.4. The molecule has 1 atom stereocenters. The van der Waals surface area contributed by atoms with Crippen LogP contribution in [0.4, 0.5) is 0 Å². The van der Waals surface area contributed by atoms with E-state index in [9.17, 15) is 8.42 Å². The van der Waals surface area contributed by atoms with Crippen LogP contribution in [0, 0.1) is 0 Å². The van der Waals surface area contributed by atoms with Gasteiger partial charge in [-0.25, -0.2) is 13.1 Å². The summed E-state index contributed by atoms with van der Waals surface area (Å²) in [4.78, 5) is 0. The monoisotopic (exact) mass is 290 g/mol. The Hall–Kier alpha value is -0.890. The van der Waals surface area contributed by atoms with Crippen LogP contribution in [0.5, 0.6) is 0 Å². The van der Waals surface area contributed by atoms with E-state index in [1.165, 1.54) is 6.07 Å². The lowest BCUT2D eigenvalue weighted by molar-refractivity contribution is 0.0799. The van der Waals surface area contributed by atoms with Gasteiger partial charge in [-0.2, -0.15) is 0 Å². The third kappa shape index (κ3) is 5.32. The zero-order chi connectivity index (χ0) is 14.3. The standard InChI is InChI=1S/C12H22N2O4S/c1-4-13-9-11-6-7-12(18-11)19(15,16)14-8-10(3)17-5-2/h6-7,10,13-14H,4-5,8-9H2,1-3H3. The third-order valence-electron chi connectivity index (χ3n) is 2.46. The predicted molar refractivity (Wildman–Crippen MR) is 72.4 cm³/mol. The van der Waals surface area contributed by atoms with E-state index in [4.69, 9.17) is 9.15 Å². The SMILES string of the molecule is CCNCc1ccc(S(=O)(=O)NCC(C)OCC)o1. The van der Waals surface area contributed by atoms with Crippen molar-refractivity contribution in [2.45, 2.75) is 38.5 Å². The van der Waals surface area contributed by atoms with E-state index >= 15 is 0 Å². The molecular formula is C12H22N2O4S. The summed E-state index contributed by atoms with van der Waals surface area (Å²) in [5.74, 6) is 0.597. The molecule has 0 amide bonds. The number of furan rings is 1. The maximum absolute atomic E-state index is 11.9. The zero-order valence-electron chi connectivity index (χ0n) is 11.6. The van der Waals surface area contributed by atoms with Crippen LogP contribution in [0.15, 0.2) is 21.6 Å².